The molecule has 0 aromatic carbocycles. The Kier molecular flexibility index (Phi) is 5.95. The van der Waals surface area contributed by atoms with Gasteiger partial charge in [-0.15, -0.1) is 0 Å². The molecule has 25 heavy (non-hydrogen) atoms. The fraction of sp³-hybridized carbons (Fsp3) is 0.600. The molecule has 2 heterocycles. The number of hydrogen-bond donors (Lipinski definition) is 2. The second-order valence-electron chi connectivity index (χ2n) is 6.86. The molecule has 1 saturated heterocycles. The van der Waals surface area contributed by atoms with Crippen LogP contribution in [0.3, 0.4) is 0 Å². The maximum absolute atomic E-state index is 12.5. The summed E-state index contributed by atoms with van der Waals surface area (Å²) in [5.74, 6) is -0.0777. The zero-order valence-corrected chi connectivity index (χ0v) is 16.9. The number of hydrogen-bond acceptors (Lipinski definition) is 6. The van der Waals surface area contributed by atoms with Crippen molar-refractivity contribution in [2.75, 3.05) is 18.8 Å². The number of aromatic nitrogens is 1. The van der Waals surface area contributed by atoms with E-state index in [1.165, 1.54) is 12.3 Å². The second kappa shape index (κ2) is 7.46. The molecule has 1 amide bonds. The Labute approximate surface area is 156 Å². The third-order valence-electron chi connectivity index (χ3n) is 3.65. The Morgan fingerprint density at radius 2 is 2.20 bits per heavy atom. The lowest BCUT2D eigenvalue weighted by Gasteiger charge is -2.28. The number of carbonyl (C=O) groups excluding carboxylic acids is 1. The topological polar surface area (TPSA) is 115 Å². The number of anilines is 1. The van der Waals surface area contributed by atoms with Crippen LogP contribution in [0.15, 0.2) is 21.6 Å². The van der Waals surface area contributed by atoms with Crippen LogP contribution in [0.2, 0.25) is 0 Å². The van der Waals surface area contributed by atoms with Crippen molar-refractivity contribution in [3.8, 4) is 0 Å². The smallest absolute Gasteiger partial charge is 0.410 e. The number of nitrogens with one attached hydrogen (secondary N) is 1. The highest BCUT2D eigenvalue weighted by Crippen LogP contribution is 2.23. The van der Waals surface area contributed by atoms with E-state index in [0.717, 1.165) is 6.42 Å². The molecule has 1 aliphatic heterocycles. The number of halogens is 1. The summed E-state index contributed by atoms with van der Waals surface area (Å²) in [5, 5.41) is 0. The molecule has 1 atom stereocenters. The fourth-order valence-corrected chi connectivity index (χ4v) is 4.20. The van der Waals surface area contributed by atoms with Crippen LogP contribution in [0.25, 0.3) is 0 Å². The summed E-state index contributed by atoms with van der Waals surface area (Å²) in [6, 6.07) is 1.14. The van der Waals surface area contributed by atoms with Gasteiger partial charge in [0.05, 0.1) is 0 Å². The molecular weight excluding hydrogens is 412 g/mol. The number of nitrogens with two attached hydrogens (primary N) is 1. The van der Waals surface area contributed by atoms with Gasteiger partial charge >= 0.3 is 6.09 Å². The number of carbonyl (C=O) groups is 1. The molecule has 0 saturated carbocycles. The molecule has 3 N–H and O–H groups in total. The van der Waals surface area contributed by atoms with Crippen LogP contribution in [0.4, 0.5) is 10.6 Å². The molecule has 0 aliphatic carbocycles. The van der Waals surface area contributed by atoms with E-state index in [1.807, 2.05) is 0 Å². The van der Waals surface area contributed by atoms with Gasteiger partial charge in [0.1, 0.15) is 16.3 Å². The zero-order chi connectivity index (χ0) is 18.8. The van der Waals surface area contributed by atoms with E-state index < -0.39 is 21.7 Å². The van der Waals surface area contributed by atoms with E-state index in [9.17, 15) is 13.2 Å². The number of nitrogens with zero attached hydrogens (tertiary/aromatic N) is 2. The monoisotopic (exact) mass is 434 g/mol. The van der Waals surface area contributed by atoms with Crippen LogP contribution in [-0.4, -0.2) is 49.1 Å². The molecular formula is C15H23BrN4O4S. The predicted octanol–water partition coefficient (Wildman–Crippen LogP) is 2.10. The van der Waals surface area contributed by atoms with E-state index in [-0.39, 0.29) is 23.3 Å². The van der Waals surface area contributed by atoms with Gasteiger partial charge in [0.15, 0.2) is 0 Å². The molecule has 0 spiro atoms. The average molecular weight is 435 g/mol. The zero-order valence-electron chi connectivity index (χ0n) is 14.5. The van der Waals surface area contributed by atoms with Crippen LogP contribution in [0.1, 0.15) is 33.6 Å². The SMILES string of the molecule is CC(C)(C)OC(=O)N1CCC[C@H]1CNS(=O)(=O)c1cc(Br)cnc1N. The highest BCUT2D eigenvalue weighted by Gasteiger charge is 2.33. The number of ether oxygens (including phenoxy) is 1. The molecule has 10 heteroatoms. The van der Waals surface area contributed by atoms with Gasteiger partial charge in [-0.3, -0.25) is 0 Å². The van der Waals surface area contributed by atoms with E-state index in [1.54, 1.807) is 25.7 Å². The van der Waals surface area contributed by atoms with Crippen molar-refractivity contribution in [2.45, 2.75) is 50.2 Å². The van der Waals surface area contributed by atoms with Crippen LogP contribution < -0.4 is 10.5 Å². The Morgan fingerprint density at radius 1 is 1.52 bits per heavy atom. The van der Waals surface area contributed by atoms with Gasteiger partial charge in [-0.2, -0.15) is 0 Å². The third kappa shape index (κ3) is 5.29. The predicted molar refractivity (Wildman–Crippen MR) is 97.5 cm³/mol. The van der Waals surface area contributed by atoms with Crippen LogP contribution in [0, 0.1) is 0 Å². The Balaban J connectivity index is 2.06. The molecule has 8 nitrogen and oxygen atoms in total. The number of rotatable bonds is 4. The normalized spacial score (nSPS) is 18.4. The maximum atomic E-state index is 12.5. The summed E-state index contributed by atoms with van der Waals surface area (Å²) in [6.45, 7) is 6.01. The fourth-order valence-electron chi connectivity index (χ4n) is 2.54. The van der Waals surface area contributed by atoms with Crippen molar-refractivity contribution >= 4 is 37.9 Å². The summed E-state index contributed by atoms with van der Waals surface area (Å²) < 4.78 is 33.4. The minimum Gasteiger partial charge on any atom is -0.444 e. The van der Waals surface area contributed by atoms with Gasteiger partial charge in [0.2, 0.25) is 10.0 Å². The van der Waals surface area contributed by atoms with Crippen molar-refractivity contribution < 1.29 is 17.9 Å². The van der Waals surface area contributed by atoms with Gasteiger partial charge in [0.25, 0.3) is 0 Å². The van der Waals surface area contributed by atoms with E-state index in [2.05, 4.69) is 25.6 Å². The molecule has 2 rings (SSSR count). The first-order valence-corrected chi connectivity index (χ1v) is 10.2. The lowest BCUT2D eigenvalue weighted by molar-refractivity contribution is 0.0229. The minimum absolute atomic E-state index is 0.0777. The summed E-state index contributed by atoms with van der Waals surface area (Å²) >= 11 is 3.18. The largest absolute Gasteiger partial charge is 0.444 e. The Hall–Kier alpha value is -1.39. The van der Waals surface area contributed by atoms with E-state index in [0.29, 0.717) is 17.4 Å². The summed E-state index contributed by atoms with van der Waals surface area (Å²) in [6.07, 6.45) is 2.49. The molecule has 0 bridgehead atoms. The summed E-state index contributed by atoms with van der Waals surface area (Å²) in [7, 11) is -3.83. The lowest BCUT2D eigenvalue weighted by atomic mass is 10.2. The summed E-state index contributed by atoms with van der Waals surface area (Å²) in [4.78, 5) is 17.6. The molecule has 1 aromatic heterocycles. The first kappa shape index (κ1) is 19.9. The number of amides is 1. The quantitative estimate of drug-likeness (QED) is 0.749. The van der Waals surface area contributed by atoms with Gasteiger partial charge < -0.3 is 15.4 Å². The summed E-state index contributed by atoms with van der Waals surface area (Å²) in [5.41, 5.74) is 5.07. The standard InChI is InChI=1S/C15H23BrN4O4S/c1-15(2,3)24-14(21)20-6-4-5-11(20)9-19-25(22,23)12-7-10(16)8-18-13(12)17/h7-8,11,19H,4-6,9H2,1-3H3,(H2,17,18)/t11-/m0/s1. The average Bonchev–Trinajstić information content (AvgIpc) is 2.94. The van der Waals surface area contributed by atoms with E-state index >= 15 is 0 Å². The van der Waals surface area contributed by atoms with Crippen LogP contribution in [0.5, 0.6) is 0 Å². The van der Waals surface area contributed by atoms with Crippen molar-refractivity contribution in [3.05, 3.63) is 16.7 Å². The first-order chi connectivity index (χ1) is 11.5. The molecule has 1 aliphatic rings. The number of likely N-dealkylation sites (tertiary alicyclic amines) is 1. The van der Waals surface area contributed by atoms with Crippen LogP contribution in [-0.2, 0) is 14.8 Å². The molecule has 1 aromatic rings. The van der Waals surface area contributed by atoms with E-state index in [4.69, 9.17) is 10.5 Å². The maximum Gasteiger partial charge on any atom is 0.410 e. The first-order valence-electron chi connectivity index (χ1n) is 7.90. The lowest BCUT2D eigenvalue weighted by Crippen LogP contribution is -2.45. The highest BCUT2D eigenvalue weighted by atomic mass is 79.9. The van der Waals surface area contributed by atoms with Gasteiger partial charge in [0, 0.05) is 29.8 Å². The number of nitrogen functional groups attached to an aromatic ring is 1. The Bertz CT molecular complexity index is 748. The molecule has 1 fully saturated rings. The van der Waals surface area contributed by atoms with Crippen molar-refractivity contribution in [1.29, 1.82) is 0 Å². The van der Waals surface area contributed by atoms with Gasteiger partial charge in [-0.1, -0.05) is 0 Å². The molecule has 140 valence electrons. The molecule has 0 unspecified atom stereocenters. The minimum atomic E-state index is -3.83. The van der Waals surface area contributed by atoms with Gasteiger partial charge in [-0.25, -0.2) is 22.9 Å². The van der Waals surface area contributed by atoms with Crippen molar-refractivity contribution in [1.82, 2.24) is 14.6 Å². The molecule has 0 radical (unpaired) electrons. The number of sulfonamides is 1. The van der Waals surface area contributed by atoms with Crippen molar-refractivity contribution in [2.24, 2.45) is 0 Å². The Morgan fingerprint density at radius 3 is 2.84 bits per heavy atom. The second-order valence-corrected chi connectivity index (χ2v) is 9.51. The number of pyridine rings is 1. The van der Waals surface area contributed by atoms with Crippen LogP contribution >= 0.6 is 15.9 Å². The van der Waals surface area contributed by atoms with Crippen molar-refractivity contribution in [3.63, 3.8) is 0 Å². The van der Waals surface area contributed by atoms with Gasteiger partial charge in [-0.05, 0) is 55.6 Å². The third-order valence-corrected chi connectivity index (χ3v) is 5.54. The highest BCUT2D eigenvalue weighted by molar-refractivity contribution is 9.10.